The van der Waals surface area contributed by atoms with E-state index in [2.05, 4.69) is 32.8 Å². The average molecular weight is 259 g/mol. The Labute approximate surface area is 90.9 Å². The molecule has 1 saturated carbocycles. The highest BCUT2D eigenvalue weighted by atomic mass is 79.9. The number of rotatable bonds is 2. The van der Waals surface area contributed by atoms with Crippen LogP contribution in [-0.2, 0) is 6.42 Å². The highest BCUT2D eigenvalue weighted by Crippen LogP contribution is 2.38. The molecular formula is C9H11BrN2S. The van der Waals surface area contributed by atoms with Crippen LogP contribution in [-0.4, -0.2) is 9.97 Å². The minimum Gasteiger partial charge on any atom is -0.346 e. The lowest BCUT2D eigenvalue weighted by molar-refractivity contribution is 0.864. The zero-order chi connectivity index (χ0) is 9.42. The minimum absolute atomic E-state index is 0.639. The van der Waals surface area contributed by atoms with Gasteiger partial charge >= 0.3 is 0 Å². The van der Waals surface area contributed by atoms with Gasteiger partial charge in [0.15, 0.2) is 0 Å². The van der Waals surface area contributed by atoms with Crippen molar-refractivity contribution >= 4 is 28.1 Å². The van der Waals surface area contributed by atoms with Gasteiger partial charge in [0, 0.05) is 11.6 Å². The highest BCUT2D eigenvalue weighted by Gasteiger charge is 2.26. The Morgan fingerprint density at radius 2 is 2.31 bits per heavy atom. The van der Waals surface area contributed by atoms with Crippen LogP contribution in [0.5, 0.6) is 0 Å². The van der Waals surface area contributed by atoms with Crippen molar-refractivity contribution in [2.24, 2.45) is 0 Å². The maximum atomic E-state index is 5.16. The van der Waals surface area contributed by atoms with Crippen LogP contribution >= 0.6 is 28.1 Å². The Kier molecular flexibility index (Phi) is 2.51. The number of hydrogen-bond acceptors (Lipinski definition) is 2. The third-order valence-corrected chi connectivity index (χ3v) is 3.68. The Bertz CT molecular complexity index is 382. The molecule has 1 aliphatic carbocycles. The number of hydrogen-bond donors (Lipinski definition) is 1. The largest absolute Gasteiger partial charge is 0.346 e. The first-order chi connectivity index (χ1) is 6.22. The quantitative estimate of drug-likeness (QED) is 0.825. The van der Waals surface area contributed by atoms with Crippen molar-refractivity contribution in [3.63, 3.8) is 0 Å². The molecule has 0 unspecified atom stereocenters. The predicted molar refractivity (Wildman–Crippen MR) is 58.5 cm³/mol. The minimum atomic E-state index is 0.639. The van der Waals surface area contributed by atoms with E-state index in [1.165, 1.54) is 18.5 Å². The number of nitrogens with one attached hydrogen (secondary N) is 1. The fourth-order valence-electron chi connectivity index (χ4n) is 1.32. The third-order valence-electron chi connectivity index (χ3n) is 2.27. The van der Waals surface area contributed by atoms with E-state index in [9.17, 15) is 0 Å². The number of aryl methyl sites for hydroxylation is 1. The molecule has 0 amide bonds. The second-order valence-corrected chi connectivity index (χ2v) is 4.53. The topological polar surface area (TPSA) is 28.7 Å². The maximum Gasteiger partial charge on any atom is 0.144 e. The van der Waals surface area contributed by atoms with Crippen LogP contribution in [0.25, 0.3) is 0 Å². The molecule has 1 fully saturated rings. The fraction of sp³-hybridized carbons (Fsp3) is 0.556. The van der Waals surface area contributed by atoms with Gasteiger partial charge in [-0.15, -0.1) is 0 Å². The van der Waals surface area contributed by atoms with E-state index in [0.717, 1.165) is 16.7 Å². The van der Waals surface area contributed by atoms with Crippen molar-refractivity contribution in [2.75, 3.05) is 0 Å². The van der Waals surface area contributed by atoms with E-state index in [1.54, 1.807) is 0 Å². The van der Waals surface area contributed by atoms with Crippen LogP contribution in [0.2, 0.25) is 0 Å². The zero-order valence-electron chi connectivity index (χ0n) is 7.43. The lowest BCUT2D eigenvalue weighted by atomic mass is 10.3. The molecule has 0 bridgehead atoms. The summed E-state index contributed by atoms with van der Waals surface area (Å²) in [5.41, 5.74) is 1.17. The van der Waals surface area contributed by atoms with Crippen LogP contribution in [0.3, 0.4) is 0 Å². The van der Waals surface area contributed by atoms with Crippen molar-refractivity contribution in [1.29, 1.82) is 0 Å². The number of H-pyrrole nitrogens is 1. The van der Waals surface area contributed by atoms with Crippen LogP contribution in [0.4, 0.5) is 0 Å². The van der Waals surface area contributed by atoms with Gasteiger partial charge < -0.3 is 4.98 Å². The second kappa shape index (κ2) is 3.50. The Morgan fingerprint density at radius 3 is 2.85 bits per heavy atom. The van der Waals surface area contributed by atoms with Gasteiger partial charge in [0.05, 0.1) is 4.47 Å². The van der Waals surface area contributed by atoms with Crippen molar-refractivity contribution in [3.8, 4) is 0 Å². The lowest BCUT2D eigenvalue weighted by Crippen LogP contribution is -1.99. The lowest BCUT2D eigenvalue weighted by Gasteiger charge is -2.05. The first-order valence-corrected chi connectivity index (χ1v) is 5.71. The van der Waals surface area contributed by atoms with E-state index < -0.39 is 0 Å². The molecule has 70 valence electrons. The van der Waals surface area contributed by atoms with Crippen LogP contribution in [0.15, 0.2) is 4.47 Å². The molecule has 13 heavy (non-hydrogen) atoms. The van der Waals surface area contributed by atoms with E-state index in [1.807, 2.05) is 0 Å². The van der Waals surface area contributed by atoms with Gasteiger partial charge in [-0.05, 0) is 35.2 Å². The molecule has 2 rings (SSSR count). The molecule has 1 aromatic rings. The Balaban J connectivity index is 2.50. The second-order valence-electron chi connectivity index (χ2n) is 3.35. The monoisotopic (exact) mass is 258 g/mol. The molecule has 1 N–H and O–H groups in total. The summed E-state index contributed by atoms with van der Waals surface area (Å²) in [5, 5.41) is 0. The predicted octanol–water partition coefficient (Wildman–Crippen LogP) is 3.34. The first-order valence-electron chi connectivity index (χ1n) is 4.51. The van der Waals surface area contributed by atoms with Crippen molar-refractivity contribution < 1.29 is 0 Å². The van der Waals surface area contributed by atoms with Gasteiger partial charge in [-0.2, -0.15) is 0 Å². The summed E-state index contributed by atoms with van der Waals surface area (Å²) < 4.78 is 1.65. The highest BCUT2D eigenvalue weighted by molar-refractivity contribution is 9.10. The summed E-state index contributed by atoms with van der Waals surface area (Å²) >= 11 is 8.61. The van der Waals surface area contributed by atoms with Gasteiger partial charge in [0.2, 0.25) is 0 Å². The molecule has 2 nitrogen and oxygen atoms in total. The number of aromatic nitrogens is 2. The maximum absolute atomic E-state index is 5.16. The average Bonchev–Trinajstić information content (AvgIpc) is 2.92. The zero-order valence-corrected chi connectivity index (χ0v) is 9.83. The number of halogens is 1. The number of aromatic amines is 1. The molecule has 0 aliphatic heterocycles. The van der Waals surface area contributed by atoms with Crippen molar-refractivity contribution in [2.45, 2.75) is 32.1 Å². The SMILES string of the molecule is CCc1[nH]c(C2CC2)nc(=S)c1Br. The Morgan fingerprint density at radius 1 is 1.62 bits per heavy atom. The van der Waals surface area contributed by atoms with Gasteiger partial charge in [0.1, 0.15) is 10.5 Å². The molecule has 0 saturated heterocycles. The van der Waals surface area contributed by atoms with E-state index in [4.69, 9.17) is 12.2 Å². The van der Waals surface area contributed by atoms with Crippen LogP contribution in [0.1, 0.15) is 37.2 Å². The first kappa shape index (κ1) is 9.34. The van der Waals surface area contributed by atoms with Crippen molar-refractivity contribution in [3.05, 3.63) is 20.6 Å². The van der Waals surface area contributed by atoms with Crippen LogP contribution in [0, 0.1) is 4.64 Å². The molecule has 0 atom stereocenters. The summed E-state index contributed by atoms with van der Waals surface area (Å²) in [6.45, 7) is 2.11. The van der Waals surface area contributed by atoms with E-state index in [-0.39, 0.29) is 0 Å². The third kappa shape index (κ3) is 1.83. The van der Waals surface area contributed by atoms with Gasteiger partial charge in [-0.3, -0.25) is 0 Å². The molecular weight excluding hydrogens is 248 g/mol. The van der Waals surface area contributed by atoms with Crippen LogP contribution < -0.4 is 0 Å². The fourth-order valence-corrected chi connectivity index (χ4v) is 2.01. The summed E-state index contributed by atoms with van der Waals surface area (Å²) in [6, 6.07) is 0. The molecule has 1 heterocycles. The summed E-state index contributed by atoms with van der Waals surface area (Å²) in [4.78, 5) is 7.70. The Hall–Kier alpha value is -0.220. The smallest absolute Gasteiger partial charge is 0.144 e. The molecule has 0 spiro atoms. The molecule has 1 aromatic heterocycles. The molecule has 0 aromatic carbocycles. The van der Waals surface area contributed by atoms with E-state index in [0.29, 0.717) is 10.6 Å². The summed E-state index contributed by atoms with van der Waals surface area (Å²) in [5.74, 6) is 1.71. The standard InChI is InChI=1S/C9H11BrN2S/c1-2-6-7(10)9(13)12-8(11-6)5-3-4-5/h5H,2-4H2,1H3,(H,11,12,13). The summed E-state index contributed by atoms with van der Waals surface area (Å²) in [7, 11) is 0. The molecule has 1 aliphatic rings. The molecule has 4 heteroatoms. The number of nitrogens with zero attached hydrogens (tertiary/aromatic N) is 1. The molecule has 0 radical (unpaired) electrons. The van der Waals surface area contributed by atoms with Crippen molar-refractivity contribution in [1.82, 2.24) is 9.97 Å². The van der Waals surface area contributed by atoms with Gasteiger partial charge in [0.25, 0.3) is 0 Å². The van der Waals surface area contributed by atoms with Gasteiger partial charge in [-0.25, -0.2) is 4.98 Å². The van der Waals surface area contributed by atoms with E-state index >= 15 is 0 Å². The van der Waals surface area contributed by atoms with Gasteiger partial charge in [-0.1, -0.05) is 19.1 Å². The normalized spacial score (nSPS) is 16.2. The summed E-state index contributed by atoms with van der Waals surface area (Å²) in [6.07, 6.45) is 3.47.